The van der Waals surface area contributed by atoms with Gasteiger partial charge in [-0.05, 0) is 57.2 Å². The van der Waals surface area contributed by atoms with Crippen LogP contribution in [0.3, 0.4) is 0 Å². The number of halogens is 1. The third kappa shape index (κ3) is 8.36. The van der Waals surface area contributed by atoms with E-state index in [9.17, 15) is 4.79 Å². The predicted molar refractivity (Wildman–Crippen MR) is 121 cm³/mol. The molecule has 0 saturated carbocycles. The summed E-state index contributed by atoms with van der Waals surface area (Å²) in [4.78, 5) is 18.7. The number of nitrogens with one attached hydrogen (secondary N) is 1. The highest BCUT2D eigenvalue weighted by molar-refractivity contribution is 14.0. The van der Waals surface area contributed by atoms with Crippen molar-refractivity contribution in [2.45, 2.75) is 52.0 Å². The number of hydrogen-bond donors (Lipinski definition) is 2. The molecule has 3 N–H and O–H groups in total. The van der Waals surface area contributed by atoms with E-state index in [1.165, 1.54) is 19.3 Å². The number of rotatable bonds is 8. The standard InChI is InChI=1S/C20H32N4O2.HI/c1-3-26-18-11-9-17(10-12-18)16(2)23-19(25)8-7-13-22-20(21)24-14-5-4-6-15-24;/h9-12,16H,3-8,13-15H2,1-2H3,(H2,21,22)(H,23,25);1H. The van der Waals surface area contributed by atoms with Crippen molar-refractivity contribution >= 4 is 35.8 Å². The first kappa shape index (κ1) is 23.5. The van der Waals surface area contributed by atoms with Gasteiger partial charge in [-0.15, -0.1) is 24.0 Å². The summed E-state index contributed by atoms with van der Waals surface area (Å²) in [6, 6.07) is 7.80. The summed E-state index contributed by atoms with van der Waals surface area (Å²) in [6.45, 7) is 7.18. The lowest BCUT2D eigenvalue weighted by atomic mass is 10.1. The molecule has 6 nitrogen and oxygen atoms in total. The molecule has 0 spiro atoms. The van der Waals surface area contributed by atoms with Crippen molar-refractivity contribution in [3.05, 3.63) is 29.8 Å². The summed E-state index contributed by atoms with van der Waals surface area (Å²) in [5.74, 6) is 1.50. The lowest BCUT2D eigenvalue weighted by Gasteiger charge is -2.27. The average molecular weight is 488 g/mol. The molecule has 1 aliphatic rings. The van der Waals surface area contributed by atoms with Gasteiger partial charge < -0.3 is 20.7 Å². The molecule has 2 rings (SSSR count). The Labute approximate surface area is 179 Å². The zero-order valence-corrected chi connectivity index (χ0v) is 18.8. The van der Waals surface area contributed by atoms with E-state index in [1.54, 1.807) is 0 Å². The summed E-state index contributed by atoms with van der Waals surface area (Å²) in [6.07, 6.45) is 4.80. The van der Waals surface area contributed by atoms with Crippen LogP contribution in [-0.2, 0) is 4.79 Å². The van der Waals surface area contributed by atoms with Gasteiger partial charge >= 0.3 is 0 Å². The number of piperidine rings is 1. The van der Waals surface area contributed by atoms with Crippen LogP contribution < -0.4 is 15.8 Å². The molecule has 1 aliphatic heterocycles. The highest BCUT2D eigenvalue weighted by Crippen LogP contribution is 2.17. The van der Waals surface area contributed by atoms with E-state index >= 15 is 0 Å². The number of aliphatic imine (C=N–C) groups is 1. The predicted octanol–water partition coefficient (Wildman–Crippen LogP) is 3.46. The number of likely N-dealkylation sites (tertiary alicyclic amines) is 1. The van der Waals surface area contributed by atoms with Crippen LogP contribution in [0.15, 0.2) is 29.3 Å². The Morgan fingerprint density at radius 3 is 2.56 bits per heavy atom. The molecule has 1 unspecified atom stereocenters. The summed E-state index contributed by atoms with van der Waals surface area (Å²) >= 11 is 0. The first-order valence-electron chi connectivity index (χ1n) is 9.67. The van der Waals surface area contributed by atoms with Crippen molar-refractivity contribution in [3.63, 3.8) is 0 Å². The molecule has 1 aromatic rings. The van der Waals surface area contributed by atoms with Gasteiger partial charge in [-0.1, -0.05) is 12.1 Å². The number of guanidine groups is 1. The third-order valence-electron chi connectivity index (χ3n) is 4.58. The maximum Gasteiger partial charge on any atom is 0.220 e. The van der Waals surface area contributed by atoms with E-state index in [0.29, 0.717) is 32.0 Å². The monoisotopic (exact) mass is 488 g/mol. The molecule has 152 valence electrons. The fourth-order valence-electron chi connectivity index (χ4n) is 3.07. The molecule has 0 radical (unpaired) electrons. The van der Waals surface area contributed by atoms with Crippen LogP contribution >= 0.6 is 24.0 Å². The summed E-state index contributed by atoms with van der Waals surface area (Å²) in [5.41, 5.74) is 7.08. The fourth-order valence-corrected chi connectivity index (χ4v) is 3.07. The molecule has 1 heterocycles. The second kappa shape index (κ2) is 12.8. The van der Waals surface area contributed by atoms with Crippen LogP contribution in [0.5, 0.6) is 5.75 Å². The zero-order valence-electron chi connectivity index (χ0n) is 16.4. The zero-order chi connectivity index (χ0) is 18.8. The Bertz CT molecular complexity index is 586. The smallest absolute Gasteiger partial charge is 0.220 e. The van der Waals surface area contributed by atoms with Crippen LogP contribution in [0.4, 0.5) is 0 Å². The van der Waals surface area contributed by atoms with Gasteiger partial charge in [0.05, 0.1) is 12.6 Å². The van der Waals surface area contributed by atoms with E-state index in [4.69, 9.17) is 10.5 Å². The van der Waals surface area contributed by atoms with Crippen molar-refractivity contribution in [2.24, 2.45) is 10.7 Å². The van der Waals surface area contributed by atoms with Gasteiger partial charge in [-0.2, -0.15) is 0 Å². The van der Waals surface area contributed by atoms with E-state index in [0.717, 1.165) is 24.4 Å². The molecule has 0 aliphatic carbocycles. The number of benzene rings is 1. The molecule has 0 bridgehead atoms. The normalized spacial score (nSPS) is 15.6. The number of nitrogens with zero attached hydrogens (tertiary/aromatic N) is 2. The van der Waals surface area contributed by atoms with E-state index in [-0.39, 0.29) is 35.9 Å². The van der Waals surface area contributed by atoms with E-state index in [1.807, 2.05) is 38.1 Å². The third-order valence-corrected chi connectivity index (χ3v) is 4.58. The molecule has 1 fully saturated rings. The molecular weight excluding hydrogens is 455 g/mol. The molecule has 1 atom stereocenters. The van der Waals surface area contributed by atoms with Crippen molar-refractivity contribution in [2.75, 3.05) is 26.2 Å². The van der Waals surface area contributed by atoms with Gasteiger partial charge in [-0.25, -0.2) is 0 Å². The van der Waals surface area contributed by atoms with Crippen molar-refractivity contribution in [3.8, 4) is 5.75 Å². The second-order valence-corrected chi connectivity index (χ2v) is 6.68. The second-order valence-electron chi connectivity index (χ2n) is 6.68. The SMILES string of the molecule is CCOc1ccc(C(C)NC(=O)CCCN=C(N)N2CCCCC2)cc1.I. The Morgan fingerprint density at radius 2 is 1.93 bits per heavy atom. The lowest BCUT2D eigenvalue weighted by Crippen LogP contribution is -2.40. The van der Waals surface area contributed by atoms with Crippen LogP contribution in [0.2, 0.25) is 0 Å². The average Bonchev–Trinajstić information content (AvgIpc) is 2.66. The quantitative estimate of drug-likeness (QED) is 0.254. The molecular formula is C20H33IN4O2. The summed E-state index contributed by atoms with van der Waals surface area (Å²) in [7, 11) is 0. The number of nitrogens with two attached hydrogens (primary N) is 1. The maximum atomic E-state index is 12.1. The van der Waals surface area contributed by atoms with Crippen LogP contribution in [0, 0.1) is 0 Å². The Morgan fingerprint density at radius 1 is 1.26 bits per heavy atom. The molecule has 0 aromatic heterocycles. The number of hydrogen-bond acceptors (Lipinski definition) is 3. The Balaban J connectivity index is 0.00000364. The highest BCUT2D eigenvalue weighted by Gasteiger charge is 2.12. The van der Waals surface area contributed by atoms with Crippen molar-refractivity contribution in [1.82, 2.24) is 10.2 Å². The summed E-state index contributed by atoms with van der Waals surface area (Å²) < 4.78 is 5.44. The number of amides is 1. The van der Waals surface area contributed by atoms with Gasteiger partial charge in [0.2, 0.25) is 5.91 Å². The Hall–Kier alpha value is -1.51. The minimum absolute atomic E-state index is 0. The molecule has 1 amide bonds. The largest absolute Gasteiger partial charge is 0.494 e. The van der Waals surface area contributed by atoms with Crippen LogP contribution in [0.1, 0.15) is 57.6 Å². The maximum absolute atomic E-state index is 12.1. The van der Waals surface area contributed by atoms with Gasteiger partial charge in [0.25, 0.3) is 0 Å². The van der Waals surface area contributed by atoms with E-state index in [2.05, 4.69) is 15.2 Å². The number of carbonyl (C=O) groups excluding carboxylic acids is 1. The topological polar surface area (TPSA) is 79.9 Å². The minimum Gasteiger partial charge on any atom is -0.494 e. The van der Waals surface area contributed by atoms with Crippen molar-refractivity contribution < 1.29 is 9.53 Å². The summed E-state index contributed by atoms with van der Waals surface area (Å²) in [5, 5.41) is 3.03. The molecule has 27 heavy (non-hydrogen) atoms. The first-order chi connectivity index (χ1) is 12.6. The van der Waals surface area contributed by atoms with Gasteiger partial charge in [0.1, 0.15) is 5.75 Å². The lowest BCUT2D eigenvalue weighted by molar-refractivity contribution is -0.121. The fraction of sp³-hybridized carbons (Fsp3) is 0.600. The first-order valence-corrected chi connectivity index (χ1v) is 9.67. The molecule has 1 saturated heterocycles. The van der Waals surface area contributed by atoms with Crippen LogP contribution in [-0.4, -0.2) is 43.0 Å². The minimum atomic E-state index is -0.0277. The van der Waals surface area contributed by atoms with E-state index < -0.39 is 0 Å². The molecule has 7 heteroatoms. The van der Waals surface area contributed by atoms with Gasteiger partial charge in [-0.3, -0.25) is 9.79 Å². The van der Waals surface area contributed by atoms with Gasteiger partial charge in [0, 0.05) is 26.1 Å². The van der Waals surface area contributed by atoms with Gasteiger partial charge in [0.15, 0.2) is 5.96 Å². The van der Waals surface area contributed by atoms with Crippen LogP contribution in [0.25, 0.3) is 0 Å². The number of carbonyl (C=O) groups is 1. The van der Waals surface area contributed by atoms with Crippen molar-refractivity contribution in [1.29, 1.82) is 0 Å². The highest BCUT2D eigenvalue weighted by atomic mass is 127. The Kier molecular flexibility index (Phi) is 11.2. The number of ether oxygens (including phenoxy) is 1. The molecule has 1 aromatic carbocycles.